The van der Waals surface area contributed by atoms with Gasteiger partial charge in [-0.05, 0) is 68.9 Å². The van der Waals surface area contributed by atoms with E-state index in [2.05, 4.69) is 0 Å². The van der Waals surface area contributed by atoms with Gasteiger partial charge in [-0.25, -0.2) is 17.1 Å². The number of nitrogens with zero attached hydrogens (tertiary/aromatic N) is 3. The van der Waals surface area contributed by atoms with Crippen molar-refractivity contribution < 1.29 is 22.7 Å². The summed E-state index contributed by atoms with van der Waals surface area (Å²) in [5.74, 6) is -0.0173. The van der Waals surface area contributed by atoms with Gasteiger partial charge in [0, 0.05) is 51.4 Å². The molecule has 0 radical (unpaired) electrons. The second-order valence-electron chi connectivity index (χ2n) is 9.37. The zero-order valence-corrected chi connectivity index (χ0v) is 20.3. The summed E-state index contributed by atoms with van der Waals surface area (Å²) in [5, 5.41) is 10.1. The molecular weight excluding hydrogens is 433 g/mol. The first-order valence-corrected chi connectivity index (χ1v) is 13.0. The van der Waals surface area contributed by atoms with Gasteiger partial charge in [0.05, 0.1) is 11.4 Å². The molecule has 0 aliphatic carbocycles. The molecule has 0 saturated carbocycles. The Morgan fingerprint density at radius 1 is 1.06 bits per heavy atom. The van der Waals surface area contributed by atoms with Crippen LogP contribution in [0, 0.1) is 13.8 Å². The second kappa shape index (κ2) is 10.2. The number of piperazine rings is 1. The fourth-order valence-electron chi connectivity index (χ4n) is 4.59. The summed E-state index contributed by atoms with van der Waals surface area (Å²) in [7, 11) is -3.40. The monoisotopic (exact) mass is 469 g/mol. The van der Waals surface area contributed by atoms with Gasteiger partial charge in [-0.3, -0.25) is 9.69 Å². The molecule has 2 fully saturated rings. The Morgan fingerprint density at radius 3 is 2.16 bits per heavy atom. The number of hydrogen-bond acceptors (Lipinski definition) is 5. The molecule has 32 heavy (non-hydrogen) atoms. The lowest BCUT2D eigenvalue weighted by molar-refractivity contribution is 0.0126. The van der Waals surface area contributed by atoms with Gasteiger partial charge < -0.3 is 10.0 Å². The minimum absolute atomic E-state index is 0.0145. The average Bonchev–Trinajstić information content (AvgIpc) is 2.73. The largest absolute Gasteiger partial charge is 0.390 e. The van der Waals surface area contributed by atoms with Crippen LogP contribution in [0.2, 0.25) is 0 Å². The molecule has 0 aromatic heterocycles. The van der Waals surface area contributed by atoms with Crippen molar-refractivity contribution in [1.29, 1.82) is 0 Å². The zero-order chi connectivity index (χ0) is 23.5. The van der Waals surface area contributed by atoms with Crippen molar-refractivity contribution in [2.75, 3.05) is 58.2 Å². The van der Waals surface area contributed by atoms with Crippen LogP contribution >= 0.6 is 0 Å². The Balaban J connectivity index is 1.63. The summed E-state index contributed by atoms with van der Waals surface area (Å²) in [6, 6.07) is 3.70. The maximum absolute atomic E-state index is 13.0. The number of piperidine rings is 1. The van der Waals surface area contributed by atoms with E-state index in [0.717, 1.165) is 16.7 Å². The van der Waals surface area contributed by atoms with Crippen molar-refractivity contribution in [3.8, 4) is 0 Å². The van der Waals surface area contributed by atoms with Crippen LogP contribution in [0.4, 0.5) is 4.39 Å². The predicted octanol–water partition coefficient (Wildman–Crippen LogP) is 1.75. The second-order valence-corrected chi connectivity index (χ2v) is 11.5. The Bertz CT molecular complexity index is 894. The number of hydrogen-bond donors (Lipinski definition) is 1. The fraction of sp³-hybridized carbons (Fsp3) is 0.696. The zero-order valence-electron chi connectivity index (χ0n) is 19.4. The number of halogens is 1. The first-order chi connectivity index (χ1) is 15.0. The Hall–Kier alpha value is -1.55. The van der Waals surface area contributed by atoms with E-state index in [1.165, 1.54) is 4.31 Å². The van der Waals surface area contributed by atoms with Crippen LogP contribution in [-0.4, -0.2) is 97.4 Å². The minimum Gasteiger partial charge on any atom is -0.390 e. The molecule has 180 valence electrons. The highest BCUT2D eigenvalue weighted by Gasteiger charge is 2.33. The van der Waals surface area contributed by atoms with Gasteiger partial charge in [0.15, 0.2) is 0 Å². The summed E-state index contributed by atoms with van der Waals surface area (Å²) >= 11 is 0. The lowest BCUT2D eigenvalue weighted by Gasteiger charge is -2.35. The van der Waals surface area contributed by atoms with E-state index < -0.39 is 15.6 Å². The van der Waals surface area contributed by atoms with Gasteiger partial charge in [-0.1, -0.05) is 0 Å². The molecule has 0 atom stereocenters. The number of sulfonamides is 1. The van der Waals surface area contributed by atoms with Crippen molar-refractivity contribution in [1.82, 2.24) is 14.1 Å². The first kappa shape index (κ1) is 25.1. The third kappa shape index (κ3) is 6.07. The maximum atomic E-state index is 13.0. The number of rotatable bonds is 7. The van der Waals surface area contributed by atoms with Crippen LogP contribution in [0.3, 0.4) is 0 Å². The van der Waals surface area contributed by atoms with Crippen molar-refractivity contribution in [3.63, 3.8) is 0 Å². The molecule has 7 nitrogen and oxygen atoms in total. The predicted molar refractivity (Wildman–Crippen MR) is 123 cm³/mol. The van der Waals surface area contributed by atoms with Crippen LogP contribution < -0.4 is 0 Å². The van der Waals surface area contributed by atoms with Gasteiger partial charge in [0.2, 0.25) is 10.0 Å². The Labute approximate surface area is 191 Å². The lowest BCUT2D eigenvalue weighted by Crippen LogP contribution is -2.49. The van der Waals surface area contributed by atoms with Crippen molar-refractivity contribution >= 4 is 15.9 Å². The molecule has 1 N–H and O–H groups in total. The standard InChI is InChI=1S/C23H36FN3O4S/c1-18-16-20(22(28)26-13-11-25(10-7-24)12-14-26)17-19(2)21(18)4-15-32(30,31)27-8-5-23(3,29)6-9-27/h16-17,29H,4-15H2,1-3H3. The van der Waals surface area contributed by atoms with Gasteiger partial charge in [-0.15, -0.1) is 0 Å². The molecule has 1 aromatic rings. The van der Waals surface area contributed by atoms with Gasteiger partial charge >= 0.3 is 0 Å². The molecule has 0 unspecified atom stereocenters. The highest BCUT2D eigenvalue weighted by atomic mass is 32.2. The van der Waals surface area contributed by atoms with Crippen LogP contribution in [-0.2, 0) is 16.4 Å². The van der Waals surface area contributed by atoms with E-state index in [-0.39, 0.29) is 18.3 Å². The molecule has 1 amide bonds. The molecule has 2 heterocycles. The molecule has 0 bridgehead atoms. The van der Waals surface area contributed by atoms with E-state index >= 15 is 0 Å². The molecule has 2 aliphatic rings. The molecule has 2 aliphatic heterocycles. The number of benzene rings is 1. The maximum Gasteiger partial charge on any atom is 0.253 e. The third-order valence-corrected chi connectivity index (χ3v) is 8.68. The average molecular weight is 470 g/mol. The highest BCUT2D eigenvalue weighted by Crippen LogP contribution is 2.25. The van der Waals surface area contributed by atoms with Crippen LogP contribution in [0.25, 0.3) is 0 Å². The smallest absolute Gasteiger partial charge is 0.253 e. The summed E-state index contributed by atoms with van der Waals surface area (Å²) in [6.07, 6.45) is 1.29. The van der Waals surface area contributed by atoms with Crippen LogP contribution in [0.5, 0.6) is 0 Å². The normalized spacial score (nSPS) is 20.5. The van der Waals surface area contributed by atoms with Crippen molar-refractivity contribution in [3.05, 3.63) is 34.4 Å². The van der Waals surface area contributed by atoms with Crippen LogP contribution in [0.1, 0.15) is 46.8 Å². The number of aliphatic hydroxyl groups is 1. The van der Waals surface area contributed by atoms with Crippen LogP contribution in [0.15, 0.2) is 12.1 Å². The molecule has 0 spiro atoms. The van der Waals surface area contributed by atoms with E-state index in [1.54, 1.807) is 11.8 Å². The van der Waals surface area contributed by atoms with E-state index in [0.29, 0.717) is 70.6 Å². The van der Waals surface area contributed by atoms with E-state index in [4.69, 9.17) is 0 Å². The number of aryl methyl sites for hydroxylation is 2. The lowest BCUT2D eigenvalue weighted by atomic mass is 9.95. The molecular formula is C23H36FN3O4S. The van der Waals surface area contributed by atoms with E-state index in [1.807, 2.05) is 30.9 Å². The number of carbonyl (C=O) groups excluding carboxylic acids is 1. The number of amides is 1. The number of alkyl halides is 1. The van der Waals surface area contributed by atoms with Gasteiger partial charge in [0.1, 0.15) is 6.67 Å². The topological polar surface area (TPSA) is 81.2 Å². The Morgan fingerprint density at radius 2 is 1.62 bits per heavy atom. The third-order valence-electron chi connectivity index (χ3n) is 6.81. The quantitative estimate of drug-likeness (QED) is 0.658. The van der Waals surface area contributed by atoms with Gasteiger partial charge in [0.25, 0.3) is 5.91 Å². The molecule has 2 saturated heterocycles. The summed E-state index contributed by atoms with van der Waals surface area (Å²) < 4.78 is 39.6. The fourth-order valence-corrected chi connectivity index (χ4v) is 6.05. The molecule has 1 aromatic carbocycles. The summed E-state index contributed by atoms with van der Waals surface area (Å²) in [5.41, 5.74) is 2.62. The molecule has 9 heteroatoms. The van der Waals surface area contributed by atoms with Crippen molar-refractivity contribution in [2.24, 2.45) is 0 Å². The first-order valence-electron chi connectivity index (χ1n) is 11.4. The molecule has 3 rings (SSSR count). The SMILES string of the molecule is Cc1cc(C(=O)N2CCN(CCF)CC2)cc(C)c1CCS(=O)(=O)N1CCC(C)(O)CC1. The minimum atomic E-state index is -3.40. The van der Waals surface area contributed by atoms with Gasteiger partial charge in [-0.2, -0.15) is 0 Å². The summed E-state index contributed by atoms with van der Waals surface area (Å²) in [6.45, 7) is 8.84. The van der Waals surface area contributed by atoms with E-state index in [9.17, 15) is 22.7 Å². The Kier molecular flexibility index (Phi) is 7.96. The number of carbonyl (C=O) groups is 1. The summed E-state index contributed by atoms with van der Waals surface area (Å²) in [4.78, 5) is 16.8. The highest BCUT2D eigenvalue weighted by molar-refractivity contribution is 7.89. The van der Waals surface area contributed by atoms with Crippen molar-refractivity contribution in [2.45, 2.75) is 45.6 Å².